The fraction of sp³-hybridized carbons (Fsp3) is 0.133. The van der Waals surface area contributed by atoms with Crippen LogP contribution in [0.15, 0.2) is 37.0 Å². The van der Waals surface area contributed by atoms with Crippen LogP contribution >= 0.6 is 43.2 Å². The number of nitrogen functional groups attached to an aromatic ring is 1. The van der Waals surface area contributed by atoms with E-state index in [1.54, 1.807) is 11.3 Å². The second-order valence-corrected chi connectivity index (χ2v) is 8.03. The molecule has 1 aromatic carbocycles. The predicted octanol–water partition coefficient (Wildman–Crippen LogP) is 5.79. The summed E-state index contributed by atoms with van der Waals surface area (Å²) in [6.07, 6.45) is 0. The van der Waals surface area contributed by atoms with Crippen molar-refractivity contribution in [2.24, 2.45) is 0 Å². The van der Waals surface area contributed by atoms with Crippen molar-refractivity contribution in [2.45, 2.75) is 13.8 Å². The number of nitrogens with zero attached hydrogens (tertiary/aromatic N) is 1. The van der Waals surface area contributed by atoms with Crippen LogP contribution < -0.4 is 5.73 Å². The summed E-state index contributed by atoms with van der Waals surface area (Å²) in [6.45, 7) is 4.17. The molecule has 0 aliphatic rings. The lowest BCUT2D eigenvalue weighted by Crippen LogP contribution is -1.89. The number of anilines is 1. The number of hydrogen-bond acceptors (Lipinski definition) is 4. The van der Waals surface area contributed by atoms with Gasteiger partial charge < -0.3 is 10.3 Å². The number of benzene rings is 1. The Balaban J connectivity index is 2.19. The van der Waals surface area contributed by atoms with Crippen LogP contribution in [-0.4, -0.2) is 5.16 Å². The van der Waals surface area contributed by atoms with E-state index in [0.717, 1.165) is 30.0 Å². The predicted molar refractivity (Wildman–Crippen MR) is 94.5 cm³/mol. The topological polar surface area (TPSA) is 52.0 Å². The first-order valence-corrected chi connectivity index (χ1v) is 8.65. The van der Waals surface area contributed by atoms with E-state index in [-0.39, 0.29) is 0 Å². The summed E-state index contributed by atoms with van der Waals surface area (Å²) in [4.78, 5) is 1.00. The minimum Gasteiger partial charge on any atom is -0.367 e. The molecule has 0 fully saturated rings. The van der Waals surface area contributed by atoms with Crippen molar-refractivity contribution in [1.82, 2.24) is 5.16 Å². The number of hydrogen-bond donors (Lipinski definition) is 1. The maximum absolute atomic E-state index is 6.00. The molecule has 0 atom stereocenters. The van der Waals surface area contributed by atoms with Crippen LogP contribution in [0, 0.1) is 13.8 Å². The normalized spacial score (nSPS) is 11.0. The molecule has 0 saturated carbocycles. The van der Waals surface area contributed by atoms with E-state index >= 15 is 0 Å². The van der Waals surface area contributed by atoms with E-state index in [0.29, 0.717) is 5.88 Å². The van der Waals surface area contributed by atoms with Crippen molar-refractivity contribution < 1.29 is 4.52 Å². The number of aromatic nitrogens is 1. The Morgan fingerprint density at radius 3 is 2.52 bits per heavy atom. The van der Waals surface area contributed by atoms with Crippen LogP contribution in [0.4, 0.5) is 5.88 Å². The number of aryl methyl sites for hydroxylation is 2. The first-order chi connectivity index (χ1) is 9.97. The summed E-state index contributed by atoms with van der Waals surface area (Å²) >= 11 is 8.59. The molecule has 2 N–H and O–H groups in total. The van der Waals surface area contributed by atoms with E-state index in [1.165, 1.54) is 11.1 Å². The second kappa shape index (κ2) is 5.59. The van der Waals surface area contributed by atoms with Gasteiger partial charge in [0.2, 0.25) is 5.88 Å². The molecule has 0 bridgehead atoms. The minimum atomic E-state index is 0.342. The Morgan fingerprint density at radius 1 is 1.14 bits per heavy atom. The molecule has 0 amide bonds. The number of nitrogens with two attached hydrogens (primary N) is 1. The van der Waals surface area contributed by atoms with Crippen molar-refractivity contribution in [3.05, 3.63) is 43.7 Å². The molecule has 0 saturated heterocycles. The van der Waals surface area contributed by atoms with Crippen LogP contribution in [0.5, 0.6) is 0 Å². The zero-order chi connectivity index (χ0) is 15.1. The lowest BCUT2D eigenvalue weighted by Gasteiger charge is -2.05. The molecule has 3 aromatic rings. The van der Waals surface area contributed by atoms with Gasteiger partial charge >= 0.3 is 0 Å². The van der Waals surface area contributed by atoms with Gasteiger partial charge in [-0.1, -0.05) is 23.4 Å². The Labute approximate surface area is 143 Å². The van der Waals surface area contributed by atoms with Gasteiger partial charge in [-0.25, -0.2) is 0 Å². The lowest BCUT2D eigenvalue weighted by atomic mass is 10.00. The van der Waals surface area contributed by atoms with Crippen molar-refractivity contribution in [3.8, 4) is 21.7 Å². The molecule has 21 heavy (non-hydrogen) atoms. The Hall–Kier alpha value is -1.11. The van der Waals surface area contributed by atoms with Crippen LogP contribution in [0.3, 0.4) is 0 Å². The summed E-state index contributed by atoms with van der Waals surface area (Å²) < 4.78 is 7.24. The first-order valence-electron chi connectivity index (χ1n) is 6.25. The molecule has 0 aliphatic heterocycles. The van der Waals surface area contributed by atoms with Gasteiger partial charge in [0.1, 0.15) is 5.69 Å². The standard InChI is InChI=1S/C15H12Br2N2OS/c1-7-3-4-9(5-8(7)2)12-13(19-20-15(12)18)11-6-10(16)14(17)21-11/h3-6H,18H2,1-2H3. The molecule has 0 radical (unpaired) electrons. The summed E-state index contributed by atoms with van der Waals surface area (Å²) in [7, 11) is 0. The van der Waals surface area contributed by atoms with Gasteiger partial charge in [0.25, 0.3) is 0 Å². The highest BCUT2D eigenvalue weighted by Crippen LogP contribution is 2.43. The fourth-order valence-corrected chi connectivity index (χ4v) is 4.13. The van der Waals surface area contributed by atoms with Gasteiger partial charge in [-0.15, -0.1) is 11.3 Å². The zero-order valence-electron chi connectivity index (χ0n) is 11.4. The average Bonchev–Trinajstić information content (AvgIpc) is 2.97. The maximum atomic E-state index is 6.00. The van der Waals surface area contributed by atoms with Crippen molar-refractivity contribution in [1.29, 1.82) is 0 Å². The van der Waals surface area contributed by atoms with Gasteiger partial charge in [-0.05, 0) is 68.5 Å². The van der Waals surface area contributed by atoms with Gasteiger partial charge in [0, 0.05) is 4.47 Å². The summed E-state index contributed by atoms with van der Waals surface area (Å²) in [5.41, 5.74) is 11.1. The molecule has 3 nitrogen and oxygen atoms in total. The summed E-state index contributed by atoms with van der Waals surface area (Å²) in [5, 5.41) is 4.14. The van der Waals surface area contributed by atoms with E-state index in [4.69, 9.17) is 10.3 Å². The highest BCUT2D eigenvalue weighted by Gasteiger charge is 2.20. The Bertz CT molecular complexity index is 804. The molecule has 108 valence electrons. The third kappa shape index (κ3) is 2.67. The molecule has 2 aromatic heterocycles. The number of halogens is 2. The number of rotatable bonds is 2. The molecular formula is C15H12Br2N2OS. The second-order valence-electron chi connectivity index (χ2n) is 4.80. The average molecular weight is 428 g/mol. The maximum Gasteiger partial charge on any atom is 0.230 e. The van der Waals surface area contributed by atoms with Crippen LogP contribution in [0.2, 0.25) is 0 Å². The third-order valence-corrected chi connectivity index (χ3v) is 6.66. The van der Waals surface area contributed by atoms with Crippen LogP contribution in [-0.2, 0) is 0 Å². The molecule has 0 aliphatic carbocycles. The summed E-state index contributed by atoms with van der Waals surface area (Å²) in [5.74, 6) is 0.342. The number of thiophene rings is 1. The quantitative estimate of drug-likeness (QED) is 0.562. The highest BCUT2D eigenvalue weighted by atomic mass is 79.9. The van der Waals surface area contributed by atoms with E-state index < -0.39 is 0 Å². The van der Waals surface area contributed by atoms with Crippen molar-refractivity contribution >= 4 is 49.1 Å². The van der Waals surface area contributed by atoms with Crippen molar-refractivity contribution in [2.75, 3.05) is 5.73 Å². The SMILES string of the molecule is Cc1ccc(-c2c(-c3cc(Br)c(Br)s3)noc2N)cc1C. The third-order valence-electron chi connectivity index (χ3n) is 3.39. The Kier molecular flexibility index (Phi) is 3.94. The molecule has 6 heteroatoms. The zero-order valence-corrected chi connectivity index (χ0v) is 15.4. The molecule has 0 spiro atoms. The lowest BCUT2D eigenvalue weighted by molar-refractivity contribution is 0.439. The van der Waals surface area contributed by atoms with E-state index in [1.807, 2.05) is 12.1 Å². The van der Waals surface area contributed by atoms with Crippen molar-refractivity contribution in [3.63, 3.8) is 0 Å². The van der Waals surface area contributed by atoms with Gasteiger partial charge in [-0.3, -0.25) is 0 Å². The van der Waals surface area contributed by atoms with Gasteiger partial charge in [0.15, 0.2) is 0 Å². The molecular weight excluding hydrogens is 416 g/mol. The molecule has 0 unspecified atom stereocenters. The molecule has 3 rings (SSSR count). The smallest absolute Gasteiger partial charge is 0.230 e. The largest absolute Gasteiger partial charge is 0.367 e. The van der Waals surface area contributed by atoms with Crippen LogP contribution in [0.25, 0.3) is 21.7 Å². The fourth-order valence-electron chi connectivity index (χ4n) is 2.11. The first kappa shape index (κ1) is 14.8. The molecule has 2 heterocycles. The van der Waals surface area contributed by atoms with E-state index in [2.05, 4.69) is 63.0 Å². The van der Waals surface area contributed by atoms with E-state index in [9.17, 15) is 0 Å². The van der Waals surface area contributed by atoms with Crippen LogP contribution in [0.1, 0.15) is 11.1 Å². The monoisotopic (exact) mass is 426 g/mol. The van der Waals surface area contributed by atoms with Gasteiger partial charge in [0.05, 0.1) is 14.2 Å². The van der Waals surface area contributed by atoms with Gasteiger partial charge in [-0.2, -0.15) is 0 Å². The minimum absolute atomic E-state index is 0.342. The summed E-state index contributed by atoms with van der Waals surface area (Å²) in [6, 6.07) is 8.25. The Morgan fingerprint density at radius 2 is 1.90 bits per heavy atom. The highest BCUT2D eigenvalue weighted by molar-refractivity contribution is 9.13.